The number of unbranched alkanes of at least 4 members (excludes halogenated alkanes) is 1. The molecule has 0 unspecified atom stereocenters. The number of hydrogen-bond donors (Lipinski definition) is 0. The van der Waals surface area contributed by atoms with Gasteiger partial charge in [-0.3, -0.25) is 9.59 Å². The number of esters is 1. The lowest BCUT2D eigenvalue weighted by molar-refractivity contribution is -0.144. The molecule has 0 atom stereocenters. The molecule has 0 saturated carbocycles. The molecule has 0 saturated heterocycles. The molecule has 6 heteroatoms. The van der Waals surface area contributed by atoms with E-state index in [0.717, 1.165) is 17.5 Å². The molecular weight excluding hydrogens is 224 g/mol. The minimum Gasteiger partial charge on any atom is -0.480 e. The number of rotatable bonds is 6. The summed E-state index contributed by atoms with van der Waals surface area (Å²) in [5.74, 6) is -0.188. The summed E-state index contributed by atoms with van der Waals surface area (Å²) in [7, 11) is 1.44. The van der Waals surface area contributed by atoms with E-state index in [1.54, 1.807) is 0 Å². The number of nitrogens with zero attached hydrogens (tertiary/aromatic N) is 2. The fraction of sp³-hybridized carbons (Fsp3) is 0.545. The number of carbonyl (C=O) groups excluding carboxylic acids is 1. The Balaban J connectivity index is 2.61. The lowest BCUT2D eigenvalue weighted by Gasteiger charge is -2.06. The van der Waals surface area contributed by atoms with Gasteiger partial charge >= 0.3 is 5.97 Å². The molecule has 0 N–H and O–H groups in total. The Labute approximate surface area is 99.2 Å². The van der Waals surface area contributed by atoms with Crippen molar-refractivity contribution < 1.29 is 14.3 Å². The highest BCUT2D eigenvalue weighted by molar-refractivity contribution is 5.68. The first-order valence-corrected chi connectivity index (χ1v) is 5.45. The predicted octanol–water partition coefficient (Wildman–Crippen LogP) is 0.595. The Morgan fingerprint density at radius 3 is 2.88 bits per heavy atom. The highest BCUT2D eigenvalue weighted by Gasteiger charge is 2.07. The van der Waals surface area contributed by atoms with E-state index in [9.17, 15) is 9.59 Å². The van der Waals surface area contributed by atoms with Crippen molar-refractivity contribution in [2.75, 3.05) is 13.7 Å². The monoisotopic (exact) mass is 240 g/mol. The molecule has 17 heavy (non-hydrogen) atoms. The lowest BCUT2D eigenvalue weighted by atomic mass is 10.4. The van der Waals surface area contributed by atoms with Gasteiger partial charge in [-0.1, -0.05) is 13.3 Å². The summed E-state index contributed by atoms with van der Waals surface area (Å²) in [4.78, 5) is 22.8. The van der Waals surface area contributed by atoms with Gasteiger partial charge in [-0.25, -0.2) is 4.68 Å². The molecule has 0 aliphatic heterocycles. The van der Waals surface area contributed by atoms with Crippen LogP contribution in [0.15, 0.2) is 16.9 Å². The number of carbonyl (C=O) groups is 1. The van der Waals surface area contributed by atoms with E-state index in [1.807, 2.05) is 6.92 Å². The van der Waals surface area contributed by atoms with Crippen LogP contribution in [0.5, 0.6) is 5.88 Å². The smallest absolute Gasteiger partial charge is 0.327 e. The van der Waals surface area contributed by atoms with Crippen molar-refractivity contribution in [1.29, 1.82) is 0 Å². The van der Waals surface area contributed by atoms with Crippen LogP contribution in [0, 0.1) is 0 Å². The van der Waals surface area contributed by atoms with Gasteiger partial charge in [0.25, 0.3) is 5.56 Å². The molecule has 1 aromatic rings. The summed E-state index contributed by atoms with van der Waals surface area (Å²) >= 11 is 0. The second-order valence-electron chi connectivity index (χ2n) is 3.45. The maximum absolute atomic E-state index is 11.4. The van der Waals surface area contributed by atoms with Gasteiger partial charge in [0, 0.05) is 12.1 Å². The van der Waals surface area contributed by atoms with Crippen LogP contribution in [0.4, 0.5) is 0 Å². The minimum absolute atomic E-state index is 0.195. The lowest BCUT2D eigenvalue weighted by Crippen LogP contribution is -2.27. The van der Waals surface area contributed by atoms with Gasteiger partial charge in [-0.05, 0) is 6.42 Å². The van der Waals surface area contributed by atoms with Crippen LogP contribution in [0.3, 0.4) is 0 Å². The van der Waals surface area contributed by atoms with E-state index in [2.05, 4.69) is 5.10 Å². The van der Waals surface area contributed by atoms with Crippen LogP contribution in [0.2, 0.25) is 0 Å². The summed E-state index contributed by atoms with van der Waals surface area (Å²) in [6.07, 6.45) is 1.76. The van der Waals surface area contributed by atoms with E-state index in [4.69, 9.17) is 9.47 Å². The molecule has 0 amide bonds. The zero-order chi connectivity index (χ0) is 12.7. The molecule has 1 rings (SSSR count). The maximum atomic E-state index is 11.4. The van der Waals surface area contributed by atoms with E-state index in [1.165, 1.54) is 19.2 Å². The molecule has 0 aromatic carbocycles. The average Bonchev–Trinajstić information content (AvgIpc) is 2.32. The standard InChI is InChI=1S/C11H16N2O4/c1-3-4-7-17-11(15)8-13-10(14)6-5-9(12-13)16-2/h5-6H,3-4,7-8H2,1-2H3. The van der Waals surface area contributed by atoms with Crippen LogP contribution in [0.25, 0.3) is 0 Å². The molecule has 1 heterocycles. The van der Waals surface area contributed by atoms with Crippen molar-refractivity contribution in [3.63, 3.8) is 0 Å². The molecule has 0 aliphatic rings. The summed E-state index contributed by atoms with van der Waals surface area (Å²) < 4.78 is 10.8. The second kappa shape index (κ2) is 6.67. The Kier molecular flexibility index (Phi) is 5.19. The van der Waals surface area contributed by atoms with Crippen LogP contribution in [-0.2, 0) is 16.1 Å². The minimum atomic E-state index is -0.471. The molecule has 0 bridgehead atoms. The van der Waals surface area contributed by atoms with Crippen molar-refractivity contribution in [1.82, 2.24) is 9.78 Å². The van der Waals surface area contributed by atoms with Gasteiger partial charge in [0.15, 0.2) is 0 Å². The van der Waals surface area contributed by atoms with Gasteiger partial charge in [0.1, 0.15) is 6.54 Å². The van der Waals surface area contributed by atoms with Gasteiger partial charge in [0.05, 0.1) is 13.7 Å². The zero-order valence-electron chi connectivity index (χ0n) is 10.0. The second-order valence-corrected chi connectivity index (χ2v) is 3.45. The molecule has 0 radical (unpaired) electrons. The summed E-state index contributed by atoms with van der Waals surface area (Å²) in [6.45, 7) is 2.18. The third kappa shape index (κ3) is 4.26. The van der Waals surface area contributed by atoms with Crippen LogP contribution < -0.4 is 10.3 Å². The Hall–Kier alpha value is -1.85. The maximum Gasteiger partial charge on any atom is 0.327 e. The van der Waals surface area contributed by atoms with E-state index >= 15 is 0 Å². The summed E-state index contributed by atoms with van der Waals surface area (Å²) in [5.41, 5.74) is -0.363. The number of hydrogen-bond acceptors (Lipinski definition) is 5. The van der Waals surface area contributed by atoms with E-state index < -0.39 is 5.97 Å². The van der Waals surface area contributed by atoms with Gasteiger partial charge in [-0.2, -0.15) is 0 Å². The van der Waals surface area contributed by atoms with E-state index in [0.29, 0.717) is 6.61 Å². The van der Waals surface area contributed by atoms with Crippen LogP contribution in [-0.4, -0.2) is 29.5 Å². The highest BCUT2D eigenvalue weighted by atomic mass is 16.5. The molecule has 0 fully saturated rings. The highest BCUT2D eigenvalue weighted by Crippen LogP contribution is 1.99. The van der Waals surface area contributed by atoms with Crippen molar-refractivity contribution in [2.45, 2.75) is 26.3 Å². The molecule has 0 spiro atoms. The zero-order valence-corrected chi connectivity index (χ0v) is 10.0. The molecule has 94 valence electrons. The molecule has 0 aliphatic carbocycles. The summed E-state index contributed by atoms with van der Waals surface area (Å²) in [6, 6.07) is 2.74. The third-order valence-electron chi connectivity index (χ3n) is 2.09. The Morgan fingerprint density at radius 1 is 1.47 bits per heavy atom. The SMILES string of the molecule is CCCCOC(=O)Cn1nc(OC)ccc1=O. The molecule has 1 aromatic heterocycles. The first kappa shape index (κ1) is 13.2. The van der Waals surface area contributed by atoms with Crippen LogP contribution in [0.1, 0.15) is 19.8 Å². The van der Waals surface area contributed by atoms with Gasteiger partial charge in [0.2, 0.25) is 5.88 Å². The quantitative estimate of drug-likeness (QED) is 0.537. The first-order valence-electron chi connectivity index (χ1n) is 5.45. The van der Waals surface area contributed by atoms with E-state index in [-0.39, 0.29) is 18.0 Å². The largest absolute Gasteiger partial charge is 0.480 e. The van der Waals surface area contributed by atoms with Crippen molar-refractivity contribution in [2.24, 2.45) is 0 Å². The topological polar surface area (TPSA) is 70.4 Å². The number of ether oxygens (including phenoxy) is 2. The fourth-order valence-electron chi connectivity index (χ4n) is 1.15. The molecular formula is C11H16N2O4. The average molecular weight is 240 g/mol. The summed E-state index contributed by atoms with van der Waals surface area (Å²) in [5, 5.41) is 3.84. The normalized spacial score (nSPS) is 10.0. The predicted molar refractivity (Wildman–Crippen MR) is 60.9 cm³/mol. The van der Waals surface area contributed by atoms with Crippen molar-refractivity contribution >= 4 is 5.97 Å². The van der Waals surface area contributed by atoms with Crippen LogP contribution >= 0.6 is 0 Å². The van der Waals surface area contributed by atoms with Gasteiger partial charge in [-0.15, -0.1) is 5.10 Å². The molecule has 6 nitrogen and oxygen atoms in total. The fourth-order valence-corrected chi connectivity index (χ4v) is 1.15. The Bertz CT molecular complexity index is 428. The third-order valence-corrected chi connectivity index (χ3v) is 2.09. The van der Waals surface area contributed by atoms with Gasteiger partial charge < -0.3 is 9.47 Å². The number of methoxy groups -OCH3 is 1. The van der Waals surface area contributed by atoms with Crippen molar-refractivity contribution in [3.8, 4) is 5.88 Å². The first-order chi connectivity index (χ1) is 8.17. The number of aromatic nitrogens is 2. The van der Waals surface area contributed by atoms with Crippen molar-refractivity contribution in [3.05, 3.63) is 22.5 Å². The Morgan fingerprint density at radius 2 is 2.24 bits per heavy atom.